The normalized spacial score (nSPS) is 13.8. The zero-order valence-corrected chi connectivity index (χ0v) is 16.0. The van der Waals surface area contributed by atoms with Gasteiger partial charge in [0.05, 0.1) is 17.2 Å². The summed E-state index contributed by atoms with van der Waals surface area (Å²) in [6, 6.07) is 3.63. The predicted molar refractivity (Wildman–Crippen MR) is 98.3 cm³/mol. The molecule has 0 saturated heterocycles. The molecule has 0 saturated carbocycles. The van der Waals surface area contributed by atoms with E-state index >= 15 is 0 Å². The first-order valence-corrected chi connectivity index (χ1v) is 9.52. The first-order chi connectivity index (χ1) is 13.6. The van der Waals surface area contributed by atoms with Crippen LogP contribution in [0.25, 0.3) is 10.9 Å². The van der Waals surface area contributed by atoms with Gasteiger partial charge in [-0.25, -0.2) is 4.98 Å². The number of pyridine rings is 1. The third-order valence-corrected chi connectivity index (χ3v) is 4.62. The van der Waals surface area contributed by atoms with E-state index < -0.39 is 35.2 Å². The number of alkyl halides is 6. The lowest BCUT2D eigenvalue weighted by atomic mass is 9.99. The van der Waals surface area contributed by atoms with Crippen molar-refractivity contribution in [2.75, 3.05) is 13.1 Å². The number of unbranched alkanes of at least 4 members (excludes halogenated alkanes) is 4. The van der Waals surface area contributed by atoms with Gasteiger partial charge in [0, 0.05) is 11.9 Å². The van der Waals surface area contributed by atoms with Crippen LogP contribution < -0.4 is 5.32 Å². The molecule has 29 heavy (non-hydrogen) atoms. The fourth-order valence-corrected chi connectivity index (χ4v) is 3.13. The second-order valence-electron chi connectivity index (χ2n) is 6.93. The van der Waals surface area contributed by atoms with Crippen LogP contribution in [0, 0.1) is 0 Å². The first kappa shape index (κ1) is 23.4. The predicted octanol–water partition coefficient (Wildman–Crippen LogP) is 5.87. The number of para-hydroxylation sites is 1. The molecule has 0 radical (unpaired) electrons. The van der Waals surface area contributed by atoms with Gasteiger partial charge in [-0.2, -0.15) is 26.3 Å². The van der Waals surface area contributed by atoms with Crippen LogP contribution in [0.15, 0.2) is 24.3 Å². The van der Waals surface area contributed by atoms with Gasteiger partial charge >= 0.3 is 12.4 Å². The minimum atomic E-state index is -4.94. The maximum Gasteiger partial charge on any atom is 0.433 e. The van der Waals surface area contributed by atoms with E-state index in [2.05, 4.69) is 17.2 Å². The van der Waals surface area contributed by atoms with Gasteiger partial charge in [-0.3, -0.25) is 0 Å². The molecular formula is C20H24F6N2O. The summed E-state index contributed by atoms with van der Waals surface area (Å²) < 4.78 is 79.4. The summed E-state index contributed by atoms with van der Waals surface area (Å²) in [6.07, 6.45) is -6.08. The number of hydrogen-bond acceptors (Lipinski definition) is 3. The molecule has 0 amide bonds. The summed E-state index contributed by atoms with van der Waals surface area (Å²) >= 11 is 0. The maximum atomic E-state index is 13.3. The second-order valence-corrected chi connectivity index (χ2v) is 6.93. The number of halogens is 6. The Morgan fingerprint density at radius 3 is 2.31 bits per heavy atom. The Balaban J connectivity index is 2.29. The van der Waals surface area contributed by atoms with E-state index in [-0.39, 0.29) is 17.5 Å². The fourth-order valence-electron chi connectivity index (χ4n) is 3.13. The summed E-state index contributed by atoms with van der Waals surface area (Å²) in [5.74, 6) is 0. The lowest BCUT2D eigenvalue weighted by Gasteiger charge is -2.19. The number of nitrogens with zero attached hydrogens (tertiary/aromatic N) is 1. The minimum Gasteiger partial charge on any atom is -0.387 e. The molecule has 0 spiro atoms. The summed E-state index contributed by atoms with van der Waals surface area (Å²) in [5, 5.41) is 13.2. The molecule has 162 valence electrons. The van der Waals surface area contributed by atoms with Crippen molar-refractivity contribution in [3.63, 3.8) is 0 Å². The number of aliphatic hydroxyl groups is 1. The van der Waals surface area contributed by atoms with Crippen molar-refractivity contribution in [3.05, 3.63) is 41.1 Å². The highest BCUT2D eigenvalue weighted by atomic mass is 19.4. The number of fused-ring (bicyclic) bond motifs is 1. The van der Waals surface area contributed by atoms with Crippen molar-refractivity contribution >= 4 is 10.9 Å². The van der Waals surface area contributed by atoms with Crippen LogP contribution in [0.5, 0.6) is 0 Å². The molecular weight excluding hydrogens is 398 g/mol. The van der Waals surface area contributed by atoms with Gasteiger partial charge in [-0.05, 0) is 30.7 Å². The molecule has 0 aliphatic heterocycles. The van der Waals surface area contributed by atoms with Gasteiger partial charge in [0.2, 0.25) is 0 Å². The van der Waals surface area contributed by atoms with Gasteiger partial charge in [-0.1, -0.05) is 44.7 Å². The van der Waals surface area contributed by atoms with Crippen LogP contribution in [0.3, 0.4) is 0 Å². The average molecular weight is 422 g/mol. The molecule has 0 aliphatic rings. The molecule has 0 bridgehead atoms. The number of nitrogens with one attached hydrogen (secondary N) is 1. The quantitative estimate of drug-likeness (QED) is 0.393. The smallest absolute Gasteiger partial charge is 0.387 e. The van der Waals surface area contributed by atoms with E-state index in [0.29, 0.717) is 18.7 Å². The van der Waals surface area contributed by atoms with E-state index in [9.17, 15) is 31.4 Å². The van der Waals surface area contributed by atoms with Crippen LogP contribution in [0.4, 0.5) is 26.3 Å². The lowest BCUT2D eigenvalue weighted by molar-refractivity contribution is -0.142. The Morgan fingerprint density at radius 2 is 1.69 bits per heavy atom. The number of benzene rings is 1. The topological polar surface area (TPSA) is 45.1 Å². The zero-order chi connectivity index (χ0) is 21.7. The van der Waals surface area contributed by atoms with E-state index in [1.807, 2.05) is 0 Å². The standard InChI is InChI=1S/C20H24F6N2O/c1-2-3-4-5-6-10-27-12-16(29)14-11-17(20(24,25)26)28-18-13(14)8-7-9-15(18)19(21,22)23/h7-9,11,16,27,29H,2-6,10,12H2,1H3/t16-/m0/s1. The van der Waals surface area contributed by atoms with E-state index in [4.69, 9.17) is 0 Å². The molecule has 2 aromatic rings. The monoisotopic (exact) mass is 422 g/mol. The van der Waals surface area contributed by atoms with Crippen LogP contribution >= 0.6 is 0 Å². The number of hydrogen-bond donors (Lipinski definition) is 2. The minimum absolute atomic E-state index is 0.0690. The van der Waals surface area contributed by atoms with Crippen molar-refractivity contribution < 1.29 is 31.4 Å². The fraction of sp³-hybridized carbons (Fsp3) is 0.550. The highest BCUT2D eigenvalue weighted by Gasteiger charge is 2.37. The molecule has 3 nitrogen and oxygen atoms in total. The van der Waals surface area contributed by atoms with Gasteiger partial charge in [0.15, 0.2) is 0 Å². The highest BCUT2D eigenvalue weighted by molar-refractivity contribution is 5.86. The van der Waals surface area contributed by atoms with Crippen molar-refractivity contribution in [1.82, 2.24) is 10.3 Å². The Kier molecular flexibility index (Phi) is 7.87. The van der Waals surface area contributed by atoms with Crippen molar-refractivity contribution in [2.24, 2.45) is 0 Å². The van der Waals surface area contributed by atoms with E-state index in [1.165, 1.54) is 6.07 Å². The van der Waals surface area contributed by atoms with Gasteiger partial charge in [0.25, 0.3) is 0 Å². The molecule has 0 fully saturated rings. The summed E-state index contributed by atoms with van der Waals surface area (Å²) in [6.45, 7) is 2.58. The first-order valence-electron chi connectivity index (χ1n) is 9.52. The highest BCUT2D eigenvalue weighted by Crippen LogP contribution is 2.38. The van der Waals surface area contributed by atoms with Gasteiger partial charge in [-0.15, -0.1) is 0 Å². The number of aromatic nitrogens is 1. The second kappa shape index (κ2) is 9.75. The van der Waals surface area contributed by atoms with E-state index in [0.717, 1.165) is 38.2 Å². The average Bonchev–Trinajstić information content (AvgIpc) is 2.64. The molecule has 0 unspecified atom stereocenters. The molecule has 9 heteroatoms. The van der Waals surface area contributed by atoms with E-state index in [1.54, 1.807) is 0 Å². The van der Waals surface area contributed by atoms with Gasteiger partial charge < -0.3 is 10.4 Å². The van der Waals surface area contributed by atoms with Crippen molar-refractivity contribution in [1.29, 1.82) is 0 Å². The summed E-state index contributed by atoms with van der Waals surface area (Å²) in [5.41, 5.74) is -3.77. The Labute approximate surface area is 165 Å². The Bertz CT molecular complexity index is 804. The number of rotatable bonds is 9. The molecule has 1 atom stereocenters. The third-order valence-electron chi connectivity index (χ3n) is 4.62. The maximum absolute atomic E-state index is 13.3. The summed E-state index contributed by atoms with van der Waals surface area (Å²) in [4.78, 5) is 3.22. The molecule has 2 rings (SSSR count). The molecule has 1 aromatic carbocycles. The molecule has 0 aliphatic carbocycles. The van der Waals surface area contributed by atoms with Crippen LogP contribution in [0.2, 0.25) is 0 Å². The van der Waals surface area contributed by atoms with Crippen LogP contribution in [-0.2, 0) is 12.4 Å². The summed E-state index contributed by atoms with van der Waals surface area (Å²) in [7, 11) is 0. The van der Waals surface area contributed by atoms with Crippen LogP contribution in [-0.4, -0.2) is 23.2 Å². The van der Waals surface area contributed by atoms with Crippen molar-refractivity contribution in [2.45, 2.75) is 57.5 Å². The number of aliphatic hydroxyl groups excluding tert-OH is 1. The Morgan fingerprint density at radius 1 is 1.00 bits per heavy atom. The van der Waals surface area contributed by atoms with Crippen LogP contribution in [0.1, 0.15) is 62.0 Å². The lowest BCUT2D eigenvalue weighted by Crippen LogP contribution is -2.23. The zero-order valence-electron chi connectivity index (χ0n) is 16.0. The SMILES string of the molecule is CCCCCCCNC[C@H](O)c1cc(C(F)(F)F)nc2c(C(F)(F)F)cccc12. The van der Waals surface area contributed by atoms with Gasteiger partial charge in [0.1, 0.15) is 5.69 Å². The molecule has 2 N–H and O–H groups in total. The molecule has 1 heterocycles. The van der Waals surface area contributed by atoms with Crippen molar-refractivity contribution in [3.8, 4) is 0 Å². The molecule has 1 aromatic heterocycles. The largest absolute Gasteiger partial charge is 0.433 e. The Hall–Kier alpha value is -1.87. The third kappa shape index (κ3) is 6.30.